The lowest BCUT2D eigenvalue weighted by atomic mass is 10.0. The van der Waals surface area contributed by atoms with E-state index in [0.29, 0.717) is 5.25 Å². The summed E-state index contributed by atoms with van der Waals surface area (Å²) in [5.74, 6) is 3.14. The van der Waals surface area contributed by atoms with Crippen LogP contribution < -0.4 is 5.73 Å². The molecule has 0 radical (unpaired) electrons. The van der Waals surface area contributed by atoms with Crippen LogP contribution in [0.4, 0.5) is 4.39 Å². The fraction of sp³-hybridized carbons (Fsp3) is 0.500. The number of hydrogen-bond acceptors (Lipinski definition) is 3. The summed E-state index contributed by atoms with van der Waals surface area (Å²) in [6, 6.07) is 4.97. The van der Waals surface area contributed by atoms with Gasteiger partial charge in [-0.1, -0.05) is 17.7 Å². The van der Waals surface area contributed by atoms with Crippen molar-refractivity contribution < 1.29 is 4.39 Å². The van der Waals surface area contributed by atoms with Gasteiger partial charge in [-0.3, -0.25) is 0 Å². The second-order valence-corrected chi connectivity index (χ2v) is 7.00. The van der Waals surface area contributed by atoms with Gasteiger partial charge < -0.3 is 5.73 Å². The number of halogens is 2. The summed E-state index contributed by atoms with van der Waals surface area (Å²) in [7, 11) is 0. The van der Waals surface area contributed by atoms with Gasteiger partial charge in [0.1, 0.15) is 5.82 Å². The predicted molar refractivity (Wildman–Crippen MR) is 76.7 cm³/mol. The Morgan fingerprint density at radius 2 is 2.29 bits per heavy atom. The Morgan fingerprint density at radius 1 is 1.47 bits per heavy atom. The van der Waals surface area contributed by atoms with E-state index in [1.807, 2.05) is 23.5 Å². The molecule has 2 unspecified atom stereocenters. The summed E-state index contributed by atoms with van der Waals surface area (Å²) in [6.07, 6.45) is 0.762. The van der Waals surface area contributed by atoms with Gasteiger partial charge in [-0.15, -0.1) is 0 Å². The van der Waals surface area contributed by atoms with Gasteiger partial charge in [-0.2, -0.15) is 23.5 Å². The van der Waals surface area contributed by atoms with E-state index in [1.165, 1.54) is 17.6 Å². The summed E-state index contributed by atoms with van der Waals surface area (Å²) < 4.78 is 13.0. The molecule has 0 aromatic heterocycles. The van der Waals surface area contributed by atoms with Crippen LogP contribution >= 0.6 is 35.1 Å². The molecule has 1 aliphatic heterocycles. The van der Waals surface area contributed by atoms with E-state index in [2.05, 4.69) is 0 Å². The Hall–Kier alpha value is 0.1000. The summed E-state index contributed by atoms with van der Waals surface area (Å²) in [6.45, 7) is 0. The Morgan fingerprint density at radius 3 is 2.94 bits per heavy atom. The molecule has 0 bridgehead atoms. The predicted octanol–water partition coefficient (Wildman–Crippen LogP) is 3.20. The van der Waals surface area contributed by atoms with Crippen molar-refractivity contribution in [1.82, 2.24) is 0 Å². The number of hydrogen-bond donors (Lipinski definition) is 1. The maximum atomic E-state index is 13.0. The number of benzene rings is 1. The molecule has 1 aromatic carbocycles. The molecule has 94 valence electrons. The van der Waals surface area contributed by atoms with Crippen LogP contribution in [0.25, 0.3) is 0 Å². The van der Waals surface area contributed by atoms with E-state index in [4.69, 9.17) is 17.3 Å². The molecule has 2 N–H and O–H groups in total. The second kappa shape index (κ2) is 6.32. The van der Waals surface area contributed by atoms with Gasteiger partial charge in [0.2, 0.25) is 0 Å². The molecule has 1 fully saturated rings. The molecular weight excluding hydrogens is 277 g/mol. The minimum absolute atomic E-state index is 0.120. The van der Waals surface area contributed by atoms with Crippen molar-refractivity contribution in [1.29, 1.82) is 0 Å². The molecule has 0 saturated carbocycles. The molecule has 0 spiro atoms. The largest absolute Gasteiger partial charge is 0.326 e. The molecule has 5 heteroatoms. The molecule has 1 aliphatic rings. The van der Waals surface area contributed by atoms with Crippen LogP contribution in [0.15, 0.2) is 18.2 Å². The lowest BCUT2D eigenvalue weighted by Crippen LogP contribution is -2.38. The lowest BCUT2D eigenvalue weighted by Gasteiger charge is -2.26. The normalized spacial score (nSPS) is 22.4. The van der Waals surface area contributed by atoms with Crippen molar-refractivity contribution in [3.8, 4) is 0 Å². The molecule has 17 heavy (non-hydrogen) atoms. The molecule has 1 nitrogen and oxygen atoms in total. The molecule has 1 aromatic rings. The van der Waals surface area contributed by atoms with Crippen molar-refractivity contribution in [2.75, 3.05) is 17.3 Å². The number of nitrogens with two attached hydrogens (primary N) is 1. The Kier molecular flexibility index (Phi) is 5.03. The minimum Gasteiger partial charge on any atom is -0.326 e. The summed E-state index contributed by atoms with van der Waals surface area (Å²) in [4.78, 5) is 0. The fourth-order valence-corrected chi connectivity index (χ4v) is 4.85. The third kappa shape index (κ3) is 3.78. The Balaban J connectivity index is 1.96. The summed E-state index contributed by atoms with van der Waals surface area (Å²) in [5.41, 5.74) is 7.21. The van der Waals surface area contributed by atoms with E-state index in [-0.39, 0.29) is 16.9 Å². The van der Waals surface area contributed by atoms with Gasteiger partial charge in [0.15, 0.2) is 0 Å². The van der Waals surface area contributed by atoms with Crippen LogP contribution in [0.5, 0.6) is 0 Å². The summed E-state index contributed by atoms with van der Waals surface area (Å²) in [5, 5.41) is 0.679. The van der Waals surface area contributed by atoms with Gasteiger partial charge in [0.05, 0.1) is 5.02 Å². The number of rotatable bonds is 3. The first-order valence-electron chi connectivity index (χ1n) is 5.55. The minimum atomic E-state index is -0.369. The van der Waals surface area contributed by atoms with Crippen LogP contribution in [0, 0.1) is 5.82 Å². The van der Waals surface area contributed by atoms with Crippen molar-refractivity contribution >= 4 is 35.1 Å². The van der Waals surface area contributed by atoms with E-state index in [9.17, 15) is 4.39 Å². The molecule has 2 rings (SSSR count). The molecule has 0 aliphatic carbocycles. The van der Waals surface area contributed by atoms with Crippen molar-refractivity contribution in [2.45, 2.75) is 17.7 Å². The highest BCUT2D eigenvalue weighted by atomic mass is 35.5. The monoisotopic (exact) mass is 291 g/mol. The van der Waals surface area contributed by atoms with E-state index in [1.54, 1.807) is 12.1 Å². The fourth-order valence-electron chi connectivity index (χ4n) is 1.82. The van der Waals surface area contributed by atoms with Crippen molar-refractivity contribution in [3.05, 3.63) is 34.6 Å². The first-order valence-corrected chi connectivity index (χ1v) is 8.14. The number of thioether (sulfide) groups is 2. The zero-order valence-electron chi connectivity index (χ0n) is 9.36. The third-order valence-electron chi connectivity index (χ3n) is 2.77. The molecule has 2 atom stereocenters. The maximum Gasteiger partial charge on any atom is 0.141 e. The third-order valence-corrected chi connectivity index (χ3v) is 6.01. The molecule has 1 saturated heterocycles. The highest BCUT2D eigenvalue weighted by Gasteiger charge is 2.21. The average Bonchev–Trinajstić information content (AvgIpc) is 2.35. The first kappa shape index (κ1) is 13.5. The highest BCUT2D eigenvalue weighted by Crippen LogP contribution is 2.27. The van der Waals surface area contributed by atoms with Gasteiger partial charge in [-0.25, -0.2) is 4.39 Å². The zero-order chi connectivity index (χ0) is 12.3. The van der Waals surface area contributed by atoms with Gasteiger partial charge >= 0.3 is 0 Å². The van der Waals surface area contributed by atoms with Gasteiger partial charge in [-0.05, 0) is 24.1 Å². The topological polar surface area (TPSA) is 26.0 Å². The molecular formula is C12H15ClFNS2. The van der Waals surface area contributed by atoms with Gasteiger partial charge in [0, 0.05) is 28.6 Å². The van der Waals surface area contributed by atoms with Crippen molar-refractivity contribution in [2.24, 2.45) is 5.73 Å². The SMILES string of the molecule is NC(Cc1ccc(F)c(Cl)c1)C1CSCCS1. The zero-order valence-corrected chi connectivity index (χ0v) is 11.8. The summed E-state index contributed by atoms with van der Waals surface area (Å²) >= 11 is 9.66. The van der Waals surface area contributed by atoms with Crippen molar-refractivity contribution in [3.63, 3.8) is 0 Å². The second-order valence-electron chi connectivity index (χ2n) is 4.10. The molecule has 0 amide bonds. The Bertz CT molecular complexity index is 383. The smallest absolute Gasteiger partial charge is 0.141 e. The highest BCUT2D eigenvalue weighted by molar-refractivity contribution is 8.06. The average molecular weight is 292 g/mol. The quantitative estimate of drug-likeness (QED) is 0.926. The van der Waals surface area contributed by atoms with E-state index < -0.39 is 0 Å². The van der Waals surface area contributed by atoms with Gasteiger partial charge in [0.25, 0.3) is 0 Å². The van der Waals surface area contributed by atoms with Crippen LogP contribution in [-0.4, -0.2) is 28.6 Å². The van der Waals surface area contributed by atoms with Crippen LogP contribution in [-0.2, 0) is 6.42 Å². The standard InChI is InChI=1S/C12H15ClFNS2/c13-9-5-8(1-2-10(9)14)6-11(15)12-7-16-3-4-17-12/h1-2,5,11-12H,3-4,6-7,15H2. The molecule has 1 heterocycles. The van der Waals surface area contributed by atoms with E-state index in [0.717, 1.165) is 17.7 Å². The van der Waals surface area contributed by atoms with Crippen LogP contribution in [0.3, 0.4) is 0 Å². The van der Waals surface area contributed by atoms with E-state index >= 15 is 0 Å². The van der Waals surface area contributed by atoms with Crippen LogP contribution in [0.1, 0.15) is 5.56 Å². The Labute approximate surface area is 115 Å². The lowest BCUT2D eigenvalue weighted by molar-refractivity contribution is 0.624. The maximum absolute atomic E-state index is 13.0. The van der Waals surface area contributed by atoms with Crippen LogP contribution in [0.2, 0.25) is 5.02 Å². The first-order chi connectivity index (χ1) is 8.16.